The molecule has 0 spiro atoms. The highest BCUT2D eigenvalue weighted by atomic mass is 16.7. The van der Waals surface area contributed by atoms with E-state index in [2.05, 4.69) is 15.2 Å². The van der Waals surface area contributed by atoms with Crippen LogP contribution in [0.2, 0.25) is 0 Å². The van der Waals surface area contributed by atoms with E-state index in [1.165, 1.54) is 5.01 Å². The van der Waals surface area contributed by atoms with Gasteiger partial charge in [-0.2, -0.15) is 0 Å². The first-order valence-corrected chi connectivity index (χ1v) is 8.00. The van der Waals surface area contributed by atoms with Crippen molar-refractivity contribution in [3.05, 3.63) is 62.1 Å². The number of piperazine rings is 1. The Morgan fingerprint density at radius 3 is 2.29 bits per heavy atom. The van der Waals surface area contributed by atoms with Crippen molar-refractivity contribution in [2.75, 3.05) is 31.1 Å². The Labute approximate surface area is 157 Å². The molecule has 1 fully saturated rings. The SMILES string of the molecule is O=[N+]([O-])c1ccc(O/N=[N+](\[O-])N2CCN(c3ncccn3)CC2)c([N+](=O)[O-])c1. The Morgan fingerprint density at radius 2 is 1.68 bits per heavy atom. The fourth-order valence-electron chi connectivity index (χ4n) is 2.49. The van der Waals surface area contributed by atoms with E-state index in [1.807, 2.05) is 4.90 Å². The largest absolute Gasteiger partial charge is 0.569 e. The molecule has 1 aromatic carbocycles. The third kappa shape index (κ3) is 4.17. The summed E-state index contributed by atoms with van der Waals surface area (Å²) >= 11 is 0. The maximum atomic E-state index is 12.1. The molecule has 1 aliphatic heterocycles. The Balaban J connectivity index is 1.65. The van der Waals surface area contributed by atoms with E-state index in [9.17, 15) is 25.4 Å². The van der Waals surface area contributed by atoms with Crippen LogP contribution in [-0.4, -0.2) is 56.0 Å². The molecular weight excluding hydrogens is 376 g/mol. The van der Waals surface area contributed by atoms with Gasteiger partial charge in [-0.05, 0) is 12.1 Å². The van der Waals surface area contributed by atoms with Crippen LogP contribution in [0, 0.1) is 25.4 Å². The summed E-state index contributed by atoms with van der Waals surface area (Å²) in [5, 5.41) is 38.5. The summed E-state index contributed by atoms with van der Waals surface area (Å²) in [5.74, 6) is 0.169. The van der Waals surface area contributed by atoms with Crippen LogP contribution in [0.1, 0.15) is 0 Å². The lowest BCUT2D eigenvalue weighted by molar-refractivity contribution is -0.707. The van der Waals surface area contributed by atoms with Crippen molar-refractivity contribution >= 4 is 17.3 Å². The molecule has 1 aromatic heterocycles. The van der Waals surface area contributed by atoms with Crippen LogP contribution in [0.4, 0.5) is 17.3 Å². The molecule has 0 amide bonds. The van der Waals surface area contributed by atoms with Gasteiger partial charge in [0.05, 0.1) is 34.0 Å². The predicted octanol–water partition coefficient (Wildman–Crippen LogP) is 1.29. The molecule has 28 heavy (non-hydrogen) atoms. The Bertz CT molecular complexity index is 900. The fraction of sp³-hybridized carbons (Fsp3) is 0.286. The van der Waals surface area contributed by atoms with E-state index in [0.717, 1.165) is 18.2 Å². The van der Waals surface area contributed by atoms with E-state index in [1.54, 1.807) is 18.5 Å². The standard InChI is InChI=1S/C14H14N8O6/c23-20(24)11-2-3-13(12(10-11)21(25)26)28-17-22(27)19-8-6-18(7-9-19)14-15-4-1-5-16-14/h1-5,10H,6-9H2/b22-17-. The smallest absolute Gasteiger partial charge is 0.321 e. The number of hydrogen-bond acceptors (Lipinski definition) is 10. The molecule has 3 rings (SSSR count). The minimum atomic E-state index is -0.856. The summed E-state index contributed by atoms with van der Waals surface area (Å²) in [5.41, 5.74) is -1.14. The van der Waals surface area contributed by atoms with Crippen LogP contribution in [0.5, 0.6) is 5.75 Å². The van der Waals surface area contributed by atoms with Crippen LogP contribution in [-0.2, 0) is 0 Å². The first kappa shape index (κ1) is 18.7. The fourth-order valence-corrected chi connectivity index (χ4v) is 2.49. The number of benzene rings is 1. The van der Waals surface area contributed by atoms with Gasteiger partial charge >= 0.3 is 5.69 Å². The van der Waals surface area contributed by atoms with E-state index < -0.39 is 21.2 Å². The van der Waals surface area contributed by atoms with E-state index in [-0.39, 0.29) is 10.7 Å². The average molecular weight is 390 g/mol. The lowest BCUT2D eigenvalue weighted by Crippen LogP contribution is -2.49. The van der Waals surface area contributed by atoms with E-state index in [4.69, 9.17) is 4.84 Å². The van der Waals surface area contributed by atoms with Crippen molar-refractivity contribution in [1.82, 2.24) is 15.0 Å². The minimum absolute atomic E-state index is 0.189. The maximum absolute atomic E-state index is 12.1. The van der Waals surface area contributed by atoms with Gasteiger partial charge < -0.3 is 10.1 Å². The molecule has 1 aliphatic rings. The monoisotopic (exact) mass is 390 g/mol. The molecule has 2 heterocycles. The number of aromatic nitrogens is 2. The van der Waals surface area contributed by atoms with Crippen molar-refractivity contribution in [3.63, 3.8) is 0 Å². The third-order valence-corrected chi connectivity index (χ3v) is 3.89. The summed E-state index contributed by atoms with van der Waals surface area (Å²) in [6.07, 6.45) is 3.24. The second-order valence-corrected chi connectivity index (χ2v) is 5.58. The highest BCUT2D eigenvalue weighted by Crippen LogP contribution is 2.31. The van der Waals surface area contributed by atoms with Crippen LogP contribution >= 0.6 is 0 Å². The van der Waals surface area contributed by atoms with Gasteiger partial charge in [-0.15, -0.1) is 5.01 Å². The van der Waals surface area contributed by atoms with Crippen LogP contribution in [0.25, 0.3) is 0 Å². The first-order chi connectivity index (χ1) is 13.5. The van der Waals surface area contributed by atoms with Gasteiger partial charge in [0.25, 0.3) is 5.69 Å². The number of nitro groups is 2. The molecule has 0 unspecified atom stereocenters. The average Bonchev–Trinajstić information content (AvgIpc) is 2.72. The molecule has 0 atom stereocenters. The van der Waals surface area contributed by atoms with Crippen molar-refractivity contribution in [2.45, 2.75) is 0 Å². The molecule has 14 nitrogen and oxygen atoms in total. The quantitative estimate of drug-likeness (QED) is 0.303. The Kier molecular flexibility index (Phi) is 5.38. The first-order valence-electron chi connectivity index (χ1n) is 8.00. The number of anilines is 1. The van der Waals surface area contributed by atoms with Gasteiger partial charge in [0.1, 0.15) is 0 Å². The summed E-state index contributed by atoms with van der Waals surface area (Å²) < 4.78 is 0. The van der Waals surface area contributed by atoms with Crippen molar-refractivity contribution in [2.24, 2.45) is 5.28 Å². The lowest BCUT2D eigenvalue weighted by Gasteiger charge is -2.31. The minimum Gasteiger partial charge on any atom is -0.569 e. The highest BCUT2D eigenvalue weighted by Gasteiger charge is 2.25. The van der Waals surface area contributed by atoms with E-state index in [0.29, 0.717) is 32.1 Å². The van der Waals surface area contributed by atoms with Gasteiger partial charge in [0.2, 0.25) is 17.0 Å². The normalized spacial score (nSPS) is 14.6. The van der Waals surface area contributed by atoms with Crippen molar-refractivity contribution < 1.29 is 19.7 Å². The Hall–Kier alpha value is -4.10. The summed E-state index contributed by atoms with van der Waals surface area (Å²) in [7, 11) is 0. The highest BCUT2D eigenvalue weighted by molar-refractivity contribution is 5.53. The number of rotatable bonds is 6. The summed E-state index contributed by atoms with van der Waals surface area (Å²) in [4.78, 5) is 35.4. The number of hydrazine groups is 1. The summed E-state index contributed by atoms with van der Waals surface area (Å²) in [6.45, 7) is 1.54. The molecule has 1 saturated heterocycles. The zero-order chi connectivity index (χ0) is 20.1. The topological polar surface area (TPSA) is 166 Å². The molecule has 0 radical (unpaired) electrons. The second-order valence-electron chi connectivity index (χ2n) is 5.58. The van der Waals surface area contributed by atoms with Gasteiger partial charge in [0, 0.05) is 31.5 Å². The molecule has 0 N–H and O–H groups in total. The maximum Gasteiger partial charge on any atom is 0.321 e. The van der Waals surface area contributed by atoms with Gasteiger partial charge in [-0.1, -0.05) is 0 Å². The zero-order valence-corrected chi connectivity index (χ0v) is 14.3. The summed E-state index contributed by atoms with van der Waals surface area (Å²) in [6, 6.07) is 4.47. The van der Waals surface area contributed by atoms with Gasteiger partial charge in [0.15, 0.2) is 0 Å². The molecule has 0 saturated carbocycles. The molecule has 0 bridgehead atoms. The van der Waals surface area contributed by atoms with Crippen molar-refractivity contribution in [1.29, 1.82) is 0 Å². The molecule has 2 aromatic rings. The van der Waals surface area contributed by atoms with Crippen LogP contribution in [0.15, 0.2) is 41.9 Å². The Morgan fingerprint density at radius 1 is 1.00 bits per heavy atom. The van der Waals surface area contributed by atoms with E-state index >= 15 is 0 Å². The zero-order valence-electron chi connectivity index (χ0n) is 14.3. The predicted molar refractivity (Wildman–Crippen MR) is 92.3 cm³/mol. The van der Waals surface area contributed by atoms with Crippen LogP contribution < -0.4 is 9.74 Å². The van der Waals surface area contributed by atoms with Crippen molar-refractivity contribution in [3.8, 4) is 5.75 Å². The third-order valence-electron chi connectivity index (χ3n) is 3.89. The molecule has 0 aliphatic carbocycles. The number of nitro benzene ring substituents is 2. The molecular formula is C14H14N8O6. The number of nitrogens with zero attached hydrogens (tertiary/aromatic N) is 8. The second kappa shape index (κ2) is 8.07. The lowest BCUT2D eigenvalue weighted by atomic mass is 10.2. The van der Waals surface area contributed by atoms with Gasteiger partial charge in [-0.3, -0.25) is 25.1 Å². The van der Waals surface area contributed by atoms with Gasteiger partial charge in [-0.25, -0.2) is 9.97 Å². The molecule has 146 valence electrons. The number of hydrogen-bond donors (Lipinski definition) is 0. The van der Waals surface area contributed by atoms with Crippen LogP contribution in [0.3, 0.4) is 0 Å². The number of non-ortho nitro benzene ring substituents is 1. The molecule has 14 heteroatoms.